The third kappa shape index (κ3) is 2.83. The minimum absolute atomic E-state index is 0.495. The molecule has 1 nitrogen and oxygen atoms in total. The van der Waals surface area contributed by atoms with E-state index in [1.165, 1.54) is 51.4 Å². The van der Waals surface area contributed by atoms with E-state index in [1.54, 1.807) is 0 Å². The molecule has 0 aromatic heterocycles. The largest absolute Gasteiger partial charge is 0.299 e. The number of hydrogen-bond acceptors (Lipinski definition) is 1. The minimum Gasteiger partial charge on any atom is -0.299 e. The molecule has 2 fully saturated rings. The Morgan fingerprint density at radius 3 is 2.29 bits per heavy atom. The summed E-state index contributed by atoms with van der Waals surface area (Å²) in [5, 5.41) is 0. The maximum absolute atomic E-state index is 11.7. The number of rotatable bonds is 0. The highest BCUT2D eigenvalue weighted by atomic mass is 16.1. The topological polar surface area (TPSA) is 17.1 Å². The number of ketones is 1. The first-order valence-corrected chi connectivity index (χ1v) is 6.40. The van der Waals surface area contributed by atoms with Crippen LogP contribution in [0.15, 0.2) is 0 Å². The summed E-state index contributed by atoms with van der Waals surface area (Å²) >= 11 is 0. The van der Waals surface area contributed by atoms with Crippen LogP contribution in [0.1, 0.15) is 64.2 Å². The molecule has 2 atom stereocenters. The molecule has 0 aliphatic heterocycles. The molecule has 80 valence electrons. The third-order valence-electron chi connectivity index (χ3n) is 3.83. The first kappa shape index (κ1) is 10.2. The van der Waals surface area contributed by atoms with Crippen molar-refractivity contribution < 1.29 is 4.79 Å². The molecule has 0 bridgehead atoms. The Hall–Kier alpha value is -0.330. The molecular weight excluding hydrogens is 172 g/mol. The van der Waals surface area contributed by atoms with E-state index in [2.05, 4.69) is 0 Å². The second-order valence-corrected chi connectivity index (χ2v) is 5.08. The van der Waals surface area contributed by atoms with E-state index in [-0.39, 0.29) is 0 Å². The normalized spacial score (nSPS) is 35.3. The van der Waals surface area contributed by atoms with Gasteiger partial charge in [-0.2, -0.15) is 0 Å². The van der Waals surface area contributed by atoms with Gasteiger partial charge in [-0.15, -0.1) is 0 Å². The summed E-state index contributed by atoms with van der Waals surface area (Å²) < 4.78 is 0. The predicted octanol–water partition coefficient (Wildman–Crippen LogP) is 3.72. The number of Topliss-reactive ketones (excluding diaryl/α,β-unsaturated/α-hetero) is 1. The van der Waals surface area contributed by atoms with Crippen molar-refractivity contribution in [3.8, 4) is 0 Å². The monoisotopic (exact) mass is 194 g/mol. The summed E-state index contributed by atoms with van der Waals surface area (Å²) in [6.45, 7) is 0. The highest BCUT2D eigenvalue weighted by Gasteiger charge is 2.41. The van der Waals surface area contributed by atoms with E-state index >= 15 is 0 Å². The fraction of sp³-hybridized carbons (Fsp3) is 0.923. The van der Waals surface area contributed by atoms with Gasteiger partial charge < -0.3 is 0 Å². The van der Waals surface area contributed by atoms with Crippen molar-refractivity contribution in [2.45, 2.75) is 64.2 Å². The summed E-state index contributed by atoms with van der Waals surface area (Å²) in [5.41, 5.74) is 0. The Bertz CT molecular complexity index is 197. The van der Waals surface area contributed by atoms with E-state index in [0.717, 1.165) is 18.8 Å². The smallest absolute Gasteiger partial charge is 0.136 e. The first-order chi connectivity index (χ1) is 6.88. The lowest BCUT2D eigenvalue weighted by Gasteiger charge is -2.05. The molecular formula is C13H22O. The van der Waals surface area contributed by atoms with Crippen LogP contribution in [0.4, 0.5) is 0 Å². The summed E-state index contributed by atoms with van der Waals surface area (Å²) in [4.78, 5) is 11.7. The predicted molar refractivity (Wildman–Crippen MR) is 58.2 cm³/mol. The molecule has 0 aromatic carbocycles. The van der Waals surface area contributed by atoms with Gasteiger partial charge in [0.15, 0.2) is 0 Å². The van der Waals surface area contributed by atoms with Crippen LogP contribution in [0.3, 0.4) is 0 Å². The third-order valence-corrected chi connectivity index (χ3v) is 3.83. The molecule has 0 saturated heterocycles. The van der Waals surface area contributed by atoms with Gasteiger partial charge in [-0.1, -0.05) is 38.5 Å². The second-order valence-electron chi connectivity index (χ2n) is 5.08. The Balaban J connectivity index is 1.76. The van der Waals surface area contributed by atoms with Crippen molar-refractivity contribution in [3.05, 3.63) is 0 Å². The van der Waals surface area contributed by atoms with Gasteiger partial charge >= 0.3 is 0 Å². The van der Waals surface area contributed by atoms with Crippen LogP contribution in [-0.2, 0) is 4.79 Å². The molecule has 2 aliphatic rings. The van der Waals surface area contributed by atoms with Gasteiger partial charge in [0.2, 0.25) is 0 Å². The van der Waals surface area contributed by atoms with Crippen molar-refractivity contribution in [2.24, 2.45) is 11.8 Å². The van der Waals surface area contributed by atoms with Crippen LogP contribution in [0, 0.1) is 11.8 Å². The van der Waals surface area contributed by atoms with Gasteiger partial charge in [0, 0.05) is 12.3 Å². The van der Waals surface area contributed by atoms with Crippen LogP contribution in [-0.4, -0.2) is 5.78 Å². The van der Waals surface area contributed by atoms with E-state index in [9.17, 15) is 4.79 Å². The number of carbonyl (C=O) groups excluding carboxylic acids is 1. The van der Waals surface area contributed by atoms with Crippen LogP contribution >= 0.6 is 0 Å². The first-order valence-electron chi connectivity index (χ1n) is 6.40. The summed E-state index contributed by atoms with van der Waals surface area (Å²) in [6, 6.07) is 0. The van der Waals surface area contributed by atoms with Crippen molar-refractivity contribution in [3.63, 3.8) is 0 Å². The Labute approximate surface area is 87.3 Å². The lowest BCUT2D eigenvalue weighted by molar-refractivity contribution is -0.120. The summed E-state index contributed by atoms with van der Waals surface area (Å²) in [6.07, 6.45) is 12.8. The van der Waals surface area contributed by atoms with Gasteiger partial charge in [0.05, 0.1) is 0 Å². The molecule has 14 heavy (non-hydrogen) atoms. The minimum atomic E-state index is 0.495. The molecule has 0 unspecified atom stereocenters. The van der Waals surface area contributed by atoms with Gasteiger partial charge in [-0.3, -0.25) is 4.79 Å². The summed E-state index contributed by atoms with van der Waals surface area (Å²) in [5.74, 6) is 1.87. The zero-order valence-electron chi connectivity index (χ0n) is 9.13. The zero-order valence-corrected chi connectivity index (χ0v) is 9.13. The standard InChI is InChI=1S/C13H22O/c14-13-9-7-5-3-1-2-4-6-8-11-10-12(11)13/h11-12H,1-10H2/t11-,12+/m1/s1. The molecule has 2 rings (SSSR count). The molecule has 0 radical (unpaired) electrons. The summed E-state index contributed by atoms with van der Waals surface area (Å²) in [7, 11) is 0. The van der Waals surface area contributed by atoms with Crippen molar-refractivity contribution in [1.82, 2.24) is 0 Å². The molecule has 0 N–H and O–H groups in total. The van der Waals surface area contributed by atoms with Gasteiger partial charge in [-0.05, 0) is 25.2 Å². The average Bonchev–Trinajstić information content (AvgIpc) is 2.92. The maximum atomic E-state index is 11.7. The van der Waals surface area contributed by atoms with Crippen molar-refractivity contribution in [2.75, 3.05) is 0 Å². The SMILES string of the molecule is O=C1CCCCCCCCC[C@@H]2C[C@H]12. The van der Waals surface area contributed by atoms with Gasteiger partial charge in [-0.25, -0.2) is 0 Å². The van der Waals surface area contributed by atoms with Crippen molar-refractivity contribution >= 4 is 5.78 Å². The molecule has 0 spiro atoms. The molecule has 2 aliphatic carbocycles. The fourth-order valence-electron chi connectivity index (χ4n) is 2.74. The van der Waals surface area contributed by atoms with Gasteiger partial charge in [0.25, 0.3) is 0 Å². The molecule has 1 heteroatoms. The van der Waals surface area contributed by atoms with E-state index in [4.69, 9.17) is 0 Å². The number of fused-ring (bicyclic) bond motifs is 1. The van der Waals surface area contributed by atoms with Crippen molar-refractivity contribution in [1.29, 1.82) is 0 Å². The van der Waals surface area contributed by atoms with E-state index in [0.29, 0.717) is 11.7 Å². The van der Waals surface area contributed by atoms with Crippen LogP contribution < -0.4 is 0 Å². The number of carbonyl (C=O) groups is 1. The lowest BCUT2D eigenvalue weighted by Crippen LogP contribution is -2.03. The Kier molecular flexibility index (Phi) is 3.61. The van der Waals surface area contributed by atoms with E-state index in [1.807, 2.05) is 0 Å². The quantitative estimate of drug-likeness (QED) is 0.574. The zero-order chi connectivity index (χ0) is 9.80. The fourth-order valence-corrected chi connectivity index (χ4v) is 2.74. The second kappa shape index (κ2) is 4.95. The average molecular weight is 194 g/mol. The highest BCUT2D eigenvalue weighted by molar-refractivity contribution is 5.83. The Morgan fingerprint density at radius 2 is 1.50 bits per heavy atom. The molecule has 0 aromatic rings. The highest BCUT2D eigenvalue weighted by Crippen LogP contribution is 2.44. The van der Waals surface area contributed by atoms with Crippen LogP contribution in [0.25, 0.3) is 0 Å². The molecule has 2 saturated carbocycles. The van der Waals surface area contributed by atoms with E-state index < -0.39 is 0 Å². The lowest BCUT2D eigenvalue weighted by atomic mass is 10.0. The number of hydrogen-bond donors (Lipinski definition) is 0. The molecule has 0 amide bonds. The molecule has 0 heterocycles. The van der Waals surface area contributed by atoms with Crippen LogP contribution in [0.5, 0.6) is 0 Å². The Morgan fingerprint density at radius 1 is 0.857 bits per heavy atom. The van der Waals surface area contributed by atoms with Gasteiger partial charge in [0.1, 0.15) is 5.78 Å². The van der Waals surface area contributed by atoms with Crippen LogP contribution in [0.2, 0.25) is 0 Å². The maximum Gasteiger partial charge on any atom is 0.136 e.